The van der Waals surface area contributed by atoms with Gasteiger partial charge in [0.1, 0.15) is 6.61 Å². The second-order valence-electron chi connectivity index (χ2n) is 4.70. The first-order valence-electron chi connectivity index (χ1n) is 6.75. The van der Waals surface area contributed by atoms with Crippen molar-refractivity contribution >= 4 is 11.7 Å². The van der Waals surface area contributed by atoms with Crippen LogP contribution < -0.4 is 15.2 Å². The van der Waals surface area contributed by atoms with E-state index in [0.717, 1.165) is 32.8 Å². The molecule has 0 atom stereocenters. The lowest BCUT2D eigenvalue weighted by atomic mass is 10.1. The molecule has 0 spiro atoms. The number of ether oxygens (including phenoxy) is 3. The van der Waals surface area contributed by atoms with Crippen LogP contribution in [0.3, 0.4) is 0 Å². The van der Waals surface area contributed by atoms with Crippen LogP contribution in [0.1, 0.15) is 10.4 Å². The summed E-state index contributed by atoms with van der Waals surface area (Å²) in [6, 6.07) is 2.86. The molecular weight excluding hydrogens is 276 g/mol. The minimum atomic E-state index is -1.09. The predicted molar refractivity (Wildman–Crippen MR) is 77.1 cm³/mol. The zero-order chi connectivity index (χ0) is 15.2. The van der Waals surface area contributed by atoms with Crippen LogP contribution in [0.4, 0.5) is 5.69 Å². The molecule has 1 aliphatic rings. The minimum absolute atomic E-state index is 0.0113. The Hall–Kier alpha value is -1.99. The van der Waals surface area contributed by atoms with Crippen LogP contribution in [0.5, 0.6) is 11.5 Å². The molecule has 1 aromatic rings. The highest BCUT2D eigenvalue weighted by Gasteiger charge is 2.15. The molecule has 0 aliphatic carbocycles. The van der Waals surface area contributed by atoms with Gasteiger partial charge in [0.2, 0.25) is 0 Å². The van der Waals surface area contributed by atoms with Crippen molar-refractivity contribution in [3.8, 4) is 11.5 Å². The van der Waals surface area contributed by atoms with Crippen LogP contribution in [0.15, 0.2) is 12.1 Å². The molecular formula is C14H20N2O5. The summed E-state index contributed by atoms with van der Waals surface area (Å²) in [5.41, 5.74) is 5.84. The van der Waals surface area contributed by atoms with E-state index in [1.165, 1.54) is 19.2 Å². The SMILES string of the molecule is COc1cc(N)c(C(=O)O)cc1OCCN1CCOCC1. The zero-order valence-electron chi connectivity index (χ0n) is 12.0. The van der Waals surface area contributed by atoms with Gasteiger partial charge in [-0.25, -0.2) is 4.79 Å². The molecule has 2 rings (SSSR count). The first-order valence-corrected chi connectivity index (χ1v) is 6.75. The first-order chi connectivity index (χ1) is 10.1. The molecule has 0 bridgehead atoms. The largest absolute Gasteiger partial charge is 0.493 e. The van der Waals surface area contributed by atoms with Crippen LogP contribution in [0.25, 0.3) is 0 Å². The summed E-state index contributed by atoms with van der Waals surface area (Å²) in [7, 11) is 1.49. The fourth-order valence-corrected chi connectivity index (χ4v) is 2.14. The molecule has 0 aromatic heterocycles. The van der Waals surface area contributed by atoms with E-state index in [9.17, 15) is 4.79 Å². The average molecular weight is 296 g/mol. The normalized spacial score (nSPS) is 15.7. The van der Waals surface area contributed by atoms with Gasteiger partial charge in [-0.3, -0.25) is 4.90 Å². The number of aromatic carboxylic acids is 1. The van der Waals surface area contributed by atoms with Crippen LogP contribution in [-0.2, 0) is 4.74 Å². The fraction of sp³-hybridized carbons (Fsp3) is 0.500. The summed E-state index contributed by atoms with van der Waals surface area (Å²) in [5.74, 6) is -0.273. The van der Waals surface area contributed by atoms with Gasteiger partial charge in [0.25, 0.3) is 0 Å². The first kappa shape index (κ1) is 15.4. The molecule has 7 heteroatoms. The Labute approximate surface area is 123 Å². The van der Waals surface area contributed by atoms with Crippen LogP contribution in [-0.4, -0.2) is 62.5 Å². The summed E-state index contributed by atoms with van der Waals surface area (Å²) < 4.78 is 16.1. The van der Waals surface area contributed by atoms with Gasteiger partial charge >= 0.3 is 5.97 Å². The lowest BCUT2D eigenvalue weighted by Gasteiger charge is -2.26. The number of carboxylic acids is 1. The molecule has 1 aliphatic heterocycles. The highest BCUT2D eigenvalue weighted by atomic mass is 16.5. The number of nitrogen functional groups attached to an aromatic ring is 1. The standard InChI is InChI=1S/C14H20N2O5/c1-19-12-9-11(15)10(14(17)18)8-13(12)21-7-4-16-2-5-20-6-3-16/h8-9H,2-7,15H2,1H3,(H,17,18). The number of carboxylic acid groups (broad SMARTS) is 1. The van der Waals surface area contributed by atoms with Gasteiger partial charge in [-0.1, -0.05) is 0 Å². The summed E-state index contributed by atoms with van der Waals surface area (Å²) in [6.45, 7) is 4.41. The van der Waals surface area contributed by atoms with Crippen molar-refractivity contribution < 1.29 is 24.1 Å². The Balaban J connectivity index is 2.00. The fourth-order valence-electron chi connectivity index (χ4n) is 2.14. The van der Waals surface area contributed by atoms with E-state index < -0.39 is 5.97 Å². The van der Waals surface area contributed by atoms with Crippen molar-refractivity contribution in [2.75, 3.05) is 52.3 Å². The Kier molecular flexibility index (Phi) is 5.24. The second kappa shape index (κ2) is 7.14. The molecule has 0 amide bonds. The molecule has 0 radical (unpaired) electrons. The molecule has 3 N–H and O–H groups in total. The number of nitrogens with zero attached hydrogens (tertiary/aromatic N) is 1. The van der Waals surface area contributed by atoms with Crippen LogP contribution >= 0.6 is 0 Å². The molecule has 1 aromatic carbocycles. The third-order valence-electron chi connectivity index (χ3n) is 3.33. The molecule has 1 fully saturated rings. The highest BCUT2D eigenvalue weighted by molar-refractivity contribution is 5.94. The number of carbonyl (C=O) groups is 1. The molecule has 1 heterocycles. The summed E-state index contributed by atoms with van der Waals surface area (Å²) in [4.78, 5) is 13.3. The van der Waals surface area contributed by atoms with E-state index in [4.69, 9.17) is 25.1 Å². The van der Waals surface area contributed by atoms with Crippen molar-refractivity contribution in [1.82, 2.24) is 4.90 Å². The number of nitrogens with two attached hydrogens (primary N) is 1. The molecule has 21 heavy (non-hydrogen) atoms. The van der Waals surface area contributed by atoms with Crippen molar-refractivity contribution in [2.24, 2.45) is 0 Å². The monoisotopic (exact) mass is 296 g/mol. The lowest BCUT2D eigenvalue weighted by molar-refractivity contribution is 0.0321. The van der Waals surface area contributed by atoms with Gasteiger partial charge in [-0.05, 0) is 0 Å². The van der Waals surface area contributed by atoms with Crippen molar-refractivity contribution in [3.63, 3.8) is 0 Å². The van der Waals surface area contributed by atoms with E-state index in [2.05, 4.69) is 4.90 Å². The average Bonchev–Trinajstić information content (AvgIpc) is 2.49. The molecule has 1 saturated heterocycles. The molecule has 0 saturated carbocycles. The van der Waals surface area contributed by atoms with E-state index in [1.807, 2.05) is 0 Å². The maximum atomic E-state index is 11.1. The number of morpholine rings is 1. The number of rotatable bonds is 6. The lowest BCUT2D eigenvalue weighted by Crippen LogP contribution is -2.38. The van der Waals surface area contributed by atoms with Crippen LogP contribution in [0, 0.1) is 0 Å². The smallest absolute Gasteiger partial charge is 0.337 e. The van der Waals surface area contributed by atoms with Crippen molar-refractivity contribution in [1.29, 1.82) is 0 Å². The third-order valence-corrected chi connectivity index (χ3v) is 3.33. The summed E-state index contributed by atoms with van der Waals surface area (Å²) >= 11 is 0. The van der Waals surface area contributed by atoms with Crippen molar-refractivity contribution in [3.05, 3.63) is 17.7 Å². The minimum Gasteiger partial charge on any atom is -0.493 e. The Morgan fingerprint density at radius 3 is 2.71 bits per heavy atom. The maximum absolute atomic E-state index is 11.1. The number of hydrogen-bond donors (Lipinski definition) is 2. The number of benzene rings is 1. The van der Waals surface area contributed by atoms with Gasteiger partial charge in [-0.15, -0.1) is 0 Å². The highest BCUT2D eigenvalue weighted by Crippen LogP contribution is 2.32. The van der Waals surface area contributed by atoms with E-state index in [1.54, 1.807) is 0 Å². The number of methoxy groups -OCH3 is 1. The third kappa shape index (κ3) is 3.99. The number of anilines is 1. The molecule has 0 unspecified atom stereocenters. The maximum Gasteiger partial charge on any atom is 0.337 e. The second-order valence-corrected chi connectivity index (χ2v) is 4.70. The van der Waals surface area contributed by atoms with Gasteiger partial charge in [0.05, 0.1) is 31.6 Å². The Morgan fingerprint density at radius 2 is 2.10 bits per heavy atom. The Bertz CT molecular complexity index is 500. The Morgan fingerprint density at radius 1 is 1.38 bits per heavy atom. The topological polar surface area (TPSA) is 94.2 Å². The predicted octanol–water partition coefficient (Wildman–Crippen LogP) is 0.687. The van der Waals surface area contributed by atoms with Gasteiger partial charge < -0.3 is 25.1 Å². The number of hydrogen-bond acceptors (Lipinski definition) is 6. The van der Waals surface area contributed by atoms with E-state index >= 15 is 0 Å². The van der Waals surface area contributed by atoms with Gasteiger partial charge in [0.15, 0.2) is 11.5 Å². The summed E-state index contributed by atoms with van der Waals surface area (Å²) in [6.07, 6.45) is 0. The van der Waals surface area contributed by atoms with Gasteiger partial charge in [0, 0.05) is 31.8 Å². The van der Waals surface area contributed by atoms with E-state index in [-0.39, 0.29) is 11.3 Å². The van der Waals surface area contributed by atoms with Gasteiger partial charge in [-0.2, -0.15) is 0 Å². The van der Waals surface area contributed by atoms with Crippen LogP contribution in [0.2, 0.25) is 0 Å². The molecule has 7 nitrogen and oxygen atoms in total. The van der Waals surface area contributed by atoms with Crippen molar-refractivity contribution in [2.45, 2.75) is 0 Å². The van der Waals surface area contributed by atoms with E-state index in [0.29, 0.717) is 18.1 Å². The molecule has 116 valence electrons. The summed E-state index contributed by atoms with van der Waals surface area (Å²) in [5, 5.41) is 9.08. The zero-order valence-corrected chi connectivity index (χ0v) is 12.0. The quantitative estimate of drug-likeness (QED) is 0.746.